The van der Waals surface area contributed by atoms with Gasteiger partial charge in [-0.25, -0.2) is 4.79 Å². The molecule has 0 atom stereocenters. The number of carbonyl (C=O) groups is 1. The second-order valence-electron chi connectivity index (χ2n) is 6.22. The van der Waals surface area contributed by atoms with Crippen molar-refractivity contribution in [3.05, 3.63) is 76.9 Å². The van der Waals surface area contributed by atoms with Gasteiger partial charge in [-0.3, -0.25) is 0 Å². The third kappa shape index (κ3) is 4.76. The monoisotopic (exact) mass is 352 g/mol. The number of carboxylic acid groups (broad SMARTS) is 1. The van der Waals surface area contributed by atoms with Crippen molar-refractivity contribution >= 4 is 12.0 Å². The lowest BCUT2D eigenvalue weighted by Gasteiger charge is -2.15. The van der Waals surface area contributed by atoms with Gasteiger partial charge in [0.15, 0.2) is 0 Å². The molecule has 0 bridgehead atoms. The Morgan fingerprint density at radius 3 is 2.54 bits per heavy atom. The van der Waals surface area contributed by atoms with E-state index in [-0.39, 0.29) is 11.3 Å². The van der Waals surface area contributed by atoms with Crippen LogP contribution in [0.25, 0.3) is 6.08 Å². The molecule has 0 saturated heterocycles. The molecule has 0 heterocycles. The van der Waals surface area contributed by atoms with Gasteiger partial charge in [0.2, 0.25) is 0 Å². The fraction of sp³-hybridized carbons (Fsp3) is 0.227. The second-order valence-corrected chi connectivity index (χ2v) is 6.22. The van der Waals surface area contributed by atoms with E-state index in [1.807, 2.05) is 43.3 Å². The van der Waals surface area contributed by atoms with Crippen molar-refractivity contribution in [2.24, 2.45) is 0 Å². The van der Waals surface area contributed by atoms with E-state index in [1.165, 1.54) is 7.11 Å². The summed E-state index contributed by atoms with van der Waals surface area (Å²) in [4.78, 5) is 11.7. The van der Waals surface area contributed by atoms with E-state index in [4.69, 9.17) is 4.74 Å². The number of ether oxygens (including phenoxy) is 1. The largest absolute Gasteiger partial charge is 0.507 e. The second kappa shape index (κ2) is 8.90. The van der Waals surface area contributed by atoms with E-state index >= 15 is 0 Å². The van der Waals surface area contributed by atoms with Crippen molar-refractivity contribution in [2.75, 3.05) is 7.11 Å². The highest BCUT2D eigenvalue weighted by molar-refractivity contribution is 5.96. The zero-order valence-corrected chi connectivity index (χ0v) is 15.2. The van der Waals surface area contributed by atoms with Crippen LogP contribution < -0.4 is 4.74 Å². The van der Waals surface area contributed by atoms with E-state index in [2.05, 4.69) is 6.58 Å². The Labute approximate surface area is 154 Å². The molecule has 0 amide bonds. The first kappa shape index (κ1) is 19.3. The van der Waals surface area contributed by atoms with Crippen LogP contribution >= 0.6 is 0 Å². The molecule has 2 N–H and O–H groups in total. The maximum Gasteiger partial charge on any atom is 0.340 e. The molecule has 0 spiro atoms. The van der Waals surface area contributed by atoms with Crippen molar-refractivity contribution in [1.29, 1.82) is 0 Å². The van der Waals surface area contributed by atoms with Gasteiger partial charge in [0.25, 0.3) is 0 Å². The molecule has 0 aliphatic carbocycles. The molecule has 2 aromatic carbocycles. The van der Waals surface area contributed by atoms with Crippen molar-refractivity contribution in [2.45, 2.75) is 26.2 Å². The van der Waals surface area contributed by atoms with Crippen molar-refractivity contribution in [1.82, 2.24) is 0 Å². The predicted octanol–water partition coefficient (Wildman–Crippen LogP) is 4.86. The Morgan fingerprint density at radius 2 is 1.96 bits per heavy atom. The Balaban J connectivity index is 2.40. The highest BCUT2D eigenvalue weighted by atomic mass is 16.5. The van der Waals surface area contributed by atoms with Crippen LogP contribution in [0, 0.1) is 0 Å². The summed E-state index contributed by atoms with van der Waals surface area (Å²) in [5.41, 5.74) is 2.88. The summed E-state index contributed by atoms with van der Waals surface area (Å²) in [6.07, 6.45) is 5.37. The highest BCUT2D eigenvalue weighted by Gasteiger charge is 2.21. The van der Waals surface area contributed by atoms with Crippen molar-refractivity contribution in [3.8, 4) is 11.5 Å². The van der Waals surface area contributed by atoms with Crippen molar-refractivity contribution in [3.63, 3.8) is 0 Å². The zero-order chi connectivity index (χ0) is 19.1. The number of allylic oxidation sites excluding steroid dienone is 2. The van der Waals surface area contributed by atoms with Gasteiger partial charge in [-0.1, -0.05) is 48.1 Å². The first-order chi connectivity index (χ1) is 12.4. The number of phenols is 1. The lowest BCUT2D eigenvalue weighted by molar-refractivity contribution is 0.0693. The minimum atomic E-state index is -1.17. The van der Waals surface area contributed by atoms with Crippen LogP contribution in [-0.2, 0) is 12.8 Å². The van der Waals surface area contributed by atoms with E-state index < -0.39 is 5.97 Å². The maximum absolute atomic E-state index is 11.7. The smallest absolute Gasteiger partial charge is 0.340 e. The fourth-order valence-corrected chi connectivity index (χ4v) is 2.76. The maximum atomic E-state index is 11.7. The first-order valence-corrected chi connectivity index (χ1v) is 8.45. The van der Waals surface area contributed by atoms with E-state index in [0.717, 1.165) is 11.1 Å². The van der Waals surface area contributed by atoms with Gasteiger partial charge < -0.3 is 14.9 Å². The van der Waals surface area contributed by atoms with Gasteiger partial charge in [-0.15, -0.1) is 6.58 Å². The van der Waals surface area contributed by atoms with Gasteiger partial charge in [0.1, 0.15) is 17.1 Å². The number of aromatic carboxylic acids is 1. The molecule has 136 valence electrons. The summed E-state index contributed by atoms with van der Waals surface area (Å²) in [5.74, 6) is -0.924. The molecule has 4 heteroatoms. The number of hydrogen-bond acceptors (Lipinski definition) is 3. The van der Waals surface area contributed by atoms with Crippen LogP contribution in [-0.4, -0.2) is 23.3 Å². The van der Waals surface area contributed by atoms with Crippen LogP contribution in [0.15, 0.2) is 54.6 Å². The summed E-state index contributed by atoms with van der Waals surface area (Å²) >= 11 is 0. The molecule has 0 fully saturated rings. The standard InChI is InChI=1S/C22H24O4/c1-15(2)12-13-18-19(26-3)14-17(20(21(18)23)22(24)25)11-7-10-16-8-5-4-6-9-16/h4-9,11,14,23H,1,10,12-13H2,2-3H3,(H,24,25)/b11-7+. The van der Waals surface area contributed by atoms with Gasteiger partial charge in [-0.05, 0) is 43.4 Å². The van der Waals surface area contributed by atoms with Crippen molar-refractivity contribution < 1.29 is 19.7 Å². The first-order valence-electron chi connectivity index (χ1n) is 8.45. The molecule has 0 saturated carbocycles. The number of carboxylic acids is 1. The number of rotatable bonds is 8. The fourth-order valence-electron chi connectivity index (χ4n) is 2.76. The van der Waals surface area contributed by atoms with Gasteiger partial charge in [0.05, 0.1) is 7.11 Å². The van der Waals surface area contributed by atoms with E-state index in [1.54, 1.807) is 12.1 Å². The van der Waals surface area contributed by atoms with Crippen LogP contribution in [0.5, 0.6) is 11.5 Å². The summed E-state index contributed by atoms with van der Waals surface area (Å²) in [7, 11) is 1.51. The normalized spacial score (nSPS) is 10.8. The van der Waals surface area contributed by atoms with Crippen LogP contribution in [0.2, 0.25) is 0 Å². The average Bonchev–Trinajstić information content (AvgIpc) is 2.60. The number of hydrogen-bond donors (Lipinski definition) is 2. The number of methoxy groups -OCH3 is 1. The summed E-state index contributed by atoms with van der Waals surface area (Å²) in [6, 6.07) is 11.5. The lowest BCUT2D eigenvalue weighted by Crippen LogP contribution is -2.05. The molecule has 0 radical (unpaired) electrons. The minimum absolute atomic E-state index is 0.105. The molecular formula is C22H24O4. The molecule has 26 heavy (non-hydrogen) atoms. The van der Waals surface area contributed by atoms with Gasteiger partial charge >= 0.3 is 5.97 Å². The number of aromatic hydroxyl groups is 1. The third-order valence-corrected chi connectivity index (χ3v) is 4.12. The van der Waals surface area contributed by atoms with E-state index in [0.29, 0.717) is 36.1 Å². The third-order valence-electron chi connectivity index (χ3n) is 4.12. The number of benzene rings is 2. The lowest BCUT2D eigenvalue weighted by atomic mass is 9.96. The molecule has 0 aliphatic heterocycles. The van der Waals surface area contributed by atoms with Crippen LogP contribution in [0.3, 0.4) is 0 Å². The Hall–Kier alpha value is -3.01. The van der Waals surface area contributed by atoms with Crippen LogP contribution in [0.1, 0.15) is 40.4 Å². The average molecular weight is 352 g/mol. The Morgan fingerprint density at radius 1 is 1.27 bits per heavy atom. The Kier molecular flexibility index (Phi) is 6.61. The quantitative estimate of drug-likeness (QED) is 0.666. The van der Waals surface area contributed by atoms with Gasteiger partial charge in [-0.2, -0.15) is 0 Å². The van der Waals surface area contributed by atoms with E-state index in [9.17, 15) is 15.0 Å². The summed E-state index contributed by atoms with van der Waals surface area (Å²) in [6.45, 7) is 5.74. The zero-order valence-electron chi connectivity index (χ0n) is 15.2. The SMILES string of the molecule is C=C(C)CCc1c(OC)cc(/C=C/Cc2ccccc2)c(C(=O)O)c1O. The van der Waals surface area contributed by atoms with Crippen LogP contribution in [0.4, 0.5) is 0 Å². The highest BCUT2D eigenvalue weighted by Crippen LogP contribution is 2.36. The molecule has 0 unspecified atom stereocenters. The molecule has 0 aliphatic rings. The molecule has 2 rings (SSSR count). The molecule has 2 aromatic rings. The molecule has 0 aromatic heterocycles. The summed E-state index contributed by atoms with van der Waals surface area (Å²) in [5, 5.41) is 20.1. The molecular weight excluding hydrogens is 328 g/mol. The predicted molar refractivity (Wildman–Crippen MR) is 104 cm³/mol. The summed E-state index contributed by atoms with van der Waals surface area (Å²) < 4.78 is 5.38. The Bertz CT molecular complexity index is 820. The molecule has 4 nitrogen and oxygen atoms in total. The topological polar surface area (TPSA) is 66.8 Å². The minimum Gasteiger partial charge on any atom is -0.507 e. The van der Waals surface area contributed by atoms with Gasteiger partial charge in [0, 0.05) is 5.56 Å².